The number of aliphatic hydroxyl groups is 1. The number of allylic oxidation sites excluding steroid dienone is 2. The number of fused-ring (bicyclic) bond motifs is 5. The summed E-state index contributed by atoms with van der Waals surface area (Å²) < 4.78 is 6.50. The lowest BCUT2D eigenvalue weighted by atomic mass is 9.35. The zero-order valence-corrected chi connectivity index (χ0v) is 33.8. The number of ketones is 2. The number of benzene rings is 2. The number of hydrogen-bond acceptors (Lipinski definition) is 6. The van der Waals surface area contributed by atoms with E-state index in [0.29, 0.717) is 36.2 Å². The van der Waals surface area contributed by atoms with Crippen molar-refractivity contribution in [3.63, 3.8) is 0 Å². The van der Waals surface area contributed by atoms with Gasteiger partial charge in [-0.05, 0) is 146 Å². The lowest BCUT2D eigenvalue weighted by Crippen LogP contribution is -2.63. The number of epoxide rings is 1. The molecule has 0 amide bonds. The topological polar surface area (TPSA) is 107 Å². The Morgan fingerprint density at radius 2 is 1.56 bits per heavy atom. The molecule has 5 aliphatic carbocycles. The van der Waals surface area contributed by atoms with Gasteiger partial charge < -0.3 is 20.1 Å². The van der Waals surface area contributed by atoms with E-state index >= 15 is 0 Å². The minimum Gasteiger partial charge on any atom is -0.508 e. The molecule has 1 aliphatic heterocycles. The van der Waals surface area contributed by atoms with Gasteiger partial charge >= 0.3 is 0 Å². The minimum absolute atomic E-state index is 0.00155. The number of ether oxygens (including phenoxy) is 1. The molecular weight excluding hydrogens is 673 g/mol. The molecule has 6 heteroatoms. The number of carbonyl (C=O) groups is 2. The smallest absolute Gasteiger partial charge is 0.160 e. The maximum Gasteiger partial charge on any atom is 0.160 e. The monoisotopic (exact) mass is 736 g/mol. The highest BCUT2D eigenvalue weighted by atomic mass is 16.6. The number of phenolic OH excluding ortho intramolecular Hbond substituents is 2. The third-order valence-corrected chi connectivity index (χ3v) is 17.2. The van der Waals surface area contributed by atoms with Crippen molar-refractivity contribution < 1.29 is 29.6 Å². The molecule has 4 saturated carbocycles. The van der Waals surface area contributed by atoms with Crippen LogP contribution in [0.3, 0.4) is 0 Å². The summed E-state index contributed by atoms with van der Waals surface area (Å²) in [6.07, 6.45) is 9.85. The highest BCUT2D eigenvalue weighted by Crippen LogP contribution is 2.75. The van der Waals surface area contributed by atoms with Crippen LogP contribution in [0.1, 0.15) is 148 Å². The second kappa shape index (κ2) is 13.0. The van der Waals surface area contributed by atoms with Crippen LogP contribution < -0.4 is 0 Å². The van der Waals surface area contributed by atoms with E-state index < -0.39 is 17.1 Å². The molecule has 2 aromatic carbocycles. The van der Waals surface area contributed by atoms with E-state index in [9.17, 15) is 24.9 Å². The molecule has 8 rings (SSSR count). The van der Waals surface area contributed by atoms with Crippen molar-refractivity contribution in [2.24, 2.45) is 45.3 Å². The van der Waals surface area contributed by atoms with Crippen LogP contribution >= 0.6 is 0 Å². The molecule has 0 spiro atoms. The summed E-state index contributed by atoms with van der Waals surface area (Å²) in [7, 11) is 0. The van der Waals surface area contributed by atoms with Crippen molar-refractivity contribution >= 4 is 11.6 Å². The Labute approximate surface area is 323 Å². The molecule has 6 nitrogen and oxygen atoms in total. The molecule has 0 bridgehead atoms. The first-order valence-corrected chi connectivity index (χ1v) is 21.2. The minimum atomic E-state index is -0.651. The first kappa shape index (κ1) is 37.9. The number of hydrogen-bond donors (Lipinski definition) is 3. The van der Waals surface area contributed by atoms with Gasteiger partial charge in [0.15, 0.2) is 5.78 Å². The van der Waals surface area contributed by atoms with Crippen LogP contribution in [0.15, 0.2) is 59.7 Å². The number of rotatable bonds is 9. The summed E-state index contributed by atoms with van der Waals surface area (Å²) in [6, 6.07) is 15.0. The Bertz CT molecular complexity index is 1860. The van der Waals surface area contributed by atoms with Crippen LogP contribution in [-0.4, -0.2) is 44.7 Å². The van der Waals surface area contributed by atoms with Gasteiger partial charge in [0, 0.05) is 23.2 Å². The van der Waals surface area contributed by atoms with Gasteiger partial charge in [-0.1, -0.05) is 84.2 Å². The summed E-state index contributed by atoms with van der Waals surface area (Å²) >= 11 is 0. The molecule has 1 saturated heterocycles. The van der Waals surface area contributed by atoms with E-state index in [2.05, 4.69) is 54.5 Å². The second-order valence-electron chi connectivity index (χ2n) is 20.1. The lowest BCUT2D eigenvalue weighted by molar-refractivity contribution is -0.183. The van der Waals surface area contributed by atoms with Crippen LogP contribution in [0.4, 0.5) is 0 Å². The first-order valence-electron chi connectivity index (χ1n) is 21.2. The van der Waals surface area contributed by atoms with Crippen LogP contribution in [0, 0.1) is 45.3 Å². The third kappa shape index (κ3) is 5.53. The molecule has 0 aromatic heterocycles. The predicted molar refractivity (Wildman–Crippen MR) is 211 cm³/mol. The van der Waals surface area contributed by atoms with Crippen LogP contribution in [-0.2, 0) is 14.3 Å². The van der Waals surface area contributed by atoms with E-state index in [-0.39, 0.29) is 57.6 Å². The summed E-state index contributed by atoms with van der Waals surface area (Å²) in [5.41, 5.74) is 3.09. The van der Waals surface area contributed by atoms with E-state index in [0.717, 1.165) is 80.9 Å². The average molecular weight is 737 g/mol. The quantitative estimate of drug-likeness (QED) is 0.221. The van der Waals surface area contributed by atoms with E-state index in [1.54, 1.807) is 18.2 Å². The number of phenols is 2. The number of carbonyl (C=O) groups excluding carboxylic acids is 2. The molecule has 1 heterocycles. The van der Waals surface area contributed by atoms with Gasteiger partial charge in [-0.25, -0.2) is 0 Å². The molecule has 12 atom stereocenters. The van der Waals surface area contributed by atoms with Crippen LogP contribution in [0.25, 0.3) is 0 Å². The van der Waals surface area contributed by atoms with Gasteiger partial charge in [-0.15, -0.1) is 0 Å². The van der Waals surface area contributed by atoms with Gasteiger partial charge in [0.25, 0.3) is 0 Å². The molecule has 54 heavy (non-hydrogen) atoms. The van der Waals surface area contributed by atoms with Gasteiger partial charge in [-0.2, -0.15) is 0 Å². The van der Waals surface area contributed by atoms with Crippen molar-refractivity contribution in [2.45, 2.75) is 155 Å². The largest absolute Gasteiger partial charge is 0.508 e. The zero-order chi connectivity index (χ0) is 38.6. The zero-order valence-electron chi connectivity index (χ0n) is 33.8. The Balaban J connectivity index is 1.06. The fourth-order valence-corrected chi connectivity index (χ4v) is 14.5. The highest BCUT2D eigenvalue weighted by molar-refractivity contribution is 6.00. The maximum absolute atomic E-state index is 14.5. The molecule has 2 aromatic rings. The summed E-state index contributed by atoms with van der Waals surface area (Å²) in [5.74, 6) is 2.01. The van der Waals surface area contributed by atoms with Crippen molar-refractivity contribution in [3.8, 4) is 11.5 Å². The van der Waals surface area contributed by atoms with Gasteiger partial charge in [0.05, 0.1) is 11.7 Å². The Kier molecular flexibility index (Phi) is 9.17. The molecule has 12 unspecified atom stereocenters. The molecule has 6 aliphatic rings. The number of Topliss-reactive ketones (excluding diaryl/α,β-unsaturated/α-hetero) is 2. The van der Waals surface area contributed by atoms with E-state index in [4.69, 9.17) is 4.74 Å². The fourth-order valence-electron chi connectivity index (χ4n) is 14.5. The lowest BCUT2D eigenvalue weighted by Gasteiger charge is -2.68. The van der Waals surface area contributed by atoms with Crippen LogP contribution in [0.5, 0.6) is 11.5 Å². The third-order valence-electron chi connectivity index (χ3n) is 17.2. The van der Waals surface area contributed by atoms with E-state index in [1.807, 2.05) is 24.3 Å². The van der Waals surface area contributed by atoms with Gasteiger partial charge in [0.2, 0.25) is 0 Å². The van der Waals surface area contributed by atoms with Crippen LogP contribution in [0.2, 0.25) is 0 Å². The standard InChI is InChI=1S/C48H64O6/c1-8-12-30(25-37(51)43-48(7,54-43)35-18-11-17-33(35)28-13-9-15-31(49)23-28)41-36-19-20-40-45(4)26-34(29-14-10-16-32(50)24-29)42(53)44(2,3)39(45)21-22-46(40,5)47(36,6)27-38(41)52/h9-10,13-16,23-24,30,33-35,37,39-40,43,49-51H,8,11-12,17-22,25-27H2,1-7H3. The summed E-state index contributed by atoms with van der Waals surface area (Å²) in [4.78, 5) is 28.8. The molecule has 0 radical (unpaired) electrons. The first-order chi connectivity index (χ1) is 25.5. The van der Waals surface area contributed by atoms with Crippen molar-refractivity contribution in [1.82, 2.24) is 0 Å². The second-order valence-corrected chi connectivity index (χ2v) is 20.1. The molecule has 3 N–H and O–H groups in total. The summed E-state index contributed by atoms with van der Waals surface area (Å²) in [5, 5.41) is 32.6. The van der Waals surface area contributed by atoms with Crippen molar-refractivity contribution in [2.75, 3.05) is 0 Å². The van der Waals surface area contributed by atoms with Gasteiger partial charge in [0.1, 0.15) is 23.4 Å². The molecular formula is C48H64O6. The number of aliphatic hydroxyl groups excluding tert-OH is 1. The van der Waals surface area contributed by atoms with E-state index in [1.165, 1.54) is 5.57 Å². The number of aromatic hydroxyl groups is 2. The normalized spacial score (nSPS) is 40.9. The van der Waals surface area contributed by atoms with Crippen molar-refractivity contribution in [3.05, 3.63) is 70.8 Å². The molecule has 5 fully saturated rings. The maximum atomic E-state index is 14.5. The Morgan fingerprint density at radius 1 is 0.870 bits per heavy atom. The van der Waals surface area contributed by atoms with Gasteiger partial charge in [-0.3, -0.25) is 9.59 Å². The SMILES string of the molecule is CCCC(CC(O)C1OC1(C)C1CCCC1c1cccc(O)c1)C1=C2CCC3C4(C)CC(c5cccc(O)c5)C(=O)C(C)(C)C4CCC3(C)C2(C)CC1=O. The summed E-state index contributed by atoms with van der Waals surface area (Å²) in [6.45, 7) is 16.0. The molecule has 292 valence electrons. The van der Waals surface area contributed by atoms with Crippen molar-refractivity contribution in [1.29, 1.82) is 0 Å². The Hall–Kier alpha value is -2.96. The fraction of sp³-hybridized carbons (Fsp3) is 0.667. The Morgan fingerprint density at radius 3 is 2.24 bits per heavy atom. The average Bonchev–Trinajstić information content (AvgIpc) is 3.42. The highest BCUT2D eigenvalue weighted by Gasteiger charge is 2.69. The predicted octanol–water partition coefficient (Wildman–Crippen LogP) is 10.2.